The van der Waals surface area contributed by atoms with Crippen LogP contribution in [0.4, 0.5) is 5.69 Å². The number of esters is 2. The first-order valence-electron chi connectivity index (χ1n) is 8.23. The number of aryl methyl sites for hydroxylation is 2. The molecule has 0 saturated carbocycles. The van der Waals surface area contributed by atoms with Crippen LogP contribution in [0.25, 0.3) is 0 Å². The van der Waals surface area contributed by atoms with Crippen LogP contribution in [0.5, 0.6) is 5.75 Å². The van der Waals surface area contributed by atoms with Gasteiger partial charge in [-0.05, 0) is 49.7 Å². The van der Waals surface area contributed by atoms with Gasteiger partial charge in [0, 0.05) is 5.69 Å². The first kappa shape index (κ1) is 20.5. The molecule has 1 N–H and O–H groups in total. The fourth-order valence-corrected chi connectivity index (χ4v) is 2.89. The molecule has 0 radical (unpaired) electrons. The quantitative estimate of drug-likeness (QED) is 0.579. The van der Waals surface area contributed by atoms with Crippen LogP contribution in [0, 0.1) is 13.8 Å². The van der Waals surface area contributed by atoms with E-state index in [1.165, 1.54) is 43.1 Å². The number of thioether (sulfide) groups is 1. The summed E-state index contributed by atoms with van der Waals surface area (Å²) in [5, 5.41) is 2.83. The normalized spacial score (nSPS) is 10.2. The molecule has 0 fully saturated rings. The number of nitrogens with one attached hydrogen (secondary N) is 1. The highest BCUT2D eigenvalue weighted by atomic mass is 32.2. The van der Waals surface area contributed by atoms with E-state index >= 15 is 0 Å². The summed E-state index contributed by atoms with van der Waals surface area (Å²) in [7, 11) is 1.30. The molecule has 27 heavy (non-hydrogen) atoms. The Morgan fingerprint density at radius 2 is 1.70 bits per heavy atom. The van der Waals surface area contributed by atoms with Gasteiger partial charge in [0.1, 0.15) is 5.75 Å². The Bertz CT molecular complexity index is 833. The summed E-state index contributed by atoms with van der Waals surface area (Å²) >= 11 is 1.17. The number of benzene rings is 2. The number of ether oxygens (including phenoxy) is 2. The SMILES string of the molecule is COC(=O)c1ccc(OC(=O)CSCC(=O)Nc2ccc(C)cc2C)cc1. The molecule has 0 aromatic heterocycles. The highest BCUT2D eigenvalue weighted by Crippen LogP contribution is 2.17. The number of carbonyl (C=O) groups is 3. The van der Waals surface area contributed by atoms with Crippen LogP contribution in [-0.4, -0.2) is 36.5 Å². The van der Waals surface area contributed by atoms with Gasteiger partial charge in [-0.2, -0.15) is 0 Å². The maximum Gasteiger partial charge on any atom is 0.337 e. The number of hydrogen-bond donors (Lipinski definition) is 1. The van der Waals surface area contributed by atoms with Crippen molar-refractivity contribution < 1.29 is 23.9 Å². The van der Waals surface area contributed by atoms with Gasteiger partial charge in [-0.3, -0.25) is 9.59 Å². The van der Waals surface area contributed by atoms with Crippen molar-refractivity contribution in [3.8, 4) is 5.75 Å². The molecule has 0 aliphatic rings. The standard InChI is InChI=1S/C20H21NO5S/c1-13-4-9-17(14(2)10-13)21-18(22)11-27-12-19(23)26-16-7-5-15(6-8-16)20(24)25-3/h4-10H,11-12H2,1-3H3,(H,21,22). The predicted molar refractivity (Wildman–Crippen MR) is 105 cm³/mol. The summed E-state index contributed by atoms with van der Waals surface area (Å²) in [5.74, 6) is -0.596. The molecule has 6 nitrogen and oxygen atoms in total. The molecule has 7 heteroatoms. The Hall–Kier alpha value is -2.80. The van der Waals surface area contributed by atoms with Gasteiger partial charge >= 0.3 is 11.9 Å². The van der Waals surface area contributed by atoms with Gasteiger partial charge in [0.05, 0.1) is 24.2 Å². The lowest BCUT2D eigenvalue weighted by Gasteiger charge is -2.09. The van der Waals surface area contributed by atoms with Gasteiger partial charge in [-0.15, -0.1) is 11.8 Å². The molecule has 142 valence electrons. The van der Waals surface area contributed by atoms with Crippen LogP contribution in [0.15, 0.2) is 42.5 Å². The van der Waals surface area contributed by atoms with Crippen molar-refractivity contribution in [2.75, 3.05) is 23.9 Å². The molecule has 2 aromatic rings. The van der Waals surface area contributed by atoms with Crippen LogP contribution >= 0.6 is 11.8 Å². The van der Waals surface area contributed by atoms with Gasteiger partial charge in [0.25, 0.3) is 0 Å². The highest BCUT2D eigenvalue weighted by Gasteiger charge is 2.10. The molecule has 0 atom stereocenters. The number of amides is 1. The zero-order chi connectivity index (χ0) is 19.8. The Morgan fingerprint density at radius 3 is 2.33 bits per heavy atom. The Labute approximate surface area is 162 Å². The van der Waals surface area contributed by atoms with Gasteiger partial charge in [0.2, 0.25) is 5.91 Å². The minimum absolute atomic E-state index is 0.0407. The first-order chi connectivity index (χ1) is 12.9. The topological polar surface area (TPSA) is 81.7 Å². The lowest BCUT2D eigenvalue weighted by molar-refractivity contribution is -0.131. The van der Waals surface area contributed by atoms with Crippen LogP contribution in [-0.2, 0) is 14.3 Å². The highest BCUT2D eigenvalue weighted by molar-refractivity contribution is 8.00. The van der Waals surface area contributed by atoms with E-state index in [4.69, 9.17) is 4.74 Å². The lowest BCUT2D eigenvalue weighted by atomic mass is 10.1. The van der Waals surface area contributed by atoms with E-state index in [-0.39, 0.29) is 17.4 Å². The molecule has 0 aliphatic heterocycles. The molecule has 2 aromatic carbocycles. The molecule has 0 aliphatic carbocycles. The van der Waals surface area contributed by atoms with Crippen molar-refractivity contribution in [2.24, 2.45) is 0 Å². The van der Waals surface area contributed by atoms with E-state index in [2.05, 4.69) is 10.1 Å². The Balaban J connectivity index is 1.75. The number of carbonyl (C=O) groups excluding carboxylic acids is 3. The monoisotopic (exact) mass is 387 g/mol. The van der Waals surface area contributed by atoms with Crippen LogP contribution in [0.1, 0.15) is 21.5 Å². The first-order valence-corrected chi connectivity index (χ1v) is 9.38. The summed E-state index contributed by atoms with van der Waals surface area (Å²) in [4.78, 5) is 35.2. The van der Waals surface area contributed by atoms with Crippen molar-refractivity contribution in [3.63, 3.8) is 0 Å². The molecule has 2 rings (SSSR count). The number of hydrogen-bond acceptors (Lipinski definition) is 6. The average molecular weight is 387 g/mol. The summed E-state index contributed by atoms with van der Waals surface area (Å²) in [6, 6.07) is 11.8. The minimum Gasteiger partial charge on any atom is -0.465 e. The van der Waals surface area contributed by atoms with Crippen molar-refractivity contribution >= 4 is 35.3 Å². The molecule has 0 saturated heterocycles. The molecule has 0 spiro atoms. The van der Waals surface area contributed by atoms with E-state index in [0.717, 1.165) is 16.8 Å². The molecule has 1 amide bonds. The van der Waals surface area contributed by atoms with E-state index < -0.39 is 11.9 Å². The average Bonchev–Trinajstić information content (AvgIpc) is 2.64. The smallest absolute Gasteiger partial charge is 0.337 e. The molecular formula is C20H21NO5S. The third-order valence-corrected chi connectivity index (χ3v) is 4.52. The summed E-state index contributed by atoms with van der Waals surface area (Å²) in [6.07, 6.45) is 0. The second kappa shape index (κ2) is 9.78. The number of anilines is 1. The second-order valence-electron chi connectivity index (χ2n) is 5.85. The van der Waals surface area contributed by atoms with E-state index in [9.17, 15) is 14.4 Å². The molecule has 0 heterocycles. The fraction of sp³-hybridized carbons (Fsp3) is 0.250. The summed E-state index contributed by atoms with van der Waals surface area (Å²) in [5.41, 5.74) is 3.25. The lowest BCUT2D eigenvalue weighted by Crippen LogP contribution is -2.17. The van der Waals surface area contributed by atoms with Crippen molar-refractivity contribution in [1.82, 2.24) is 0 Å². The van der Waals surface area contributed by atoms with Crippen molar-refractivity contribution in [1.29, 1.82) is 0 Å². The van der Waals surface area contributed by atoms with E-state index in [1.54, 1.807) is 0 Å². The van der Waals surface area contributed by atoms with Gasteiger partial charge in [0.15, 0.2) is 0 Å². The summed E-state index contributed by atoms with van der Waals surface area (Å²) in [6.45, 7) is 3.92. The maximum atomic E-state index is 12.0. The zero-order valence-electron chi connectivity index (χ0n) is 15.4. The van der Waals surface area contributed by atoms with Crippen LogP contribution < -0.4 is 10.1 Å². The minimum atomic E-state index is -0.467. The largest absolute Gasteiger partial charge is 0.465 e. The predicted octanol–water partition coefficient (Wildman–Crippen LogP) is 3.37. The molecule has 0 unspecified atom stereocenters. The maximum absolute atomic E-state index is 12.0. The van der Waals surface area contributed by atoms with Gasteiger partial charge < -0.3 is 14.8 Å². The molecule has 0 bridgehead atoms. The van der Waals surface area contributed by atoms with Gasteiger partial charge in [-0.25, -0.2) is 4.79 Å². The molecular weight excluding hydrogens is 366 g/mol. The Kier molecular flexibility index (Phi) is 7.43. The Morgan fingerprint density at radius 1 is 1.00 bits per heavy atom. The van der Waals surface area contributed by atoms with Crippen LogP contribution in [0.2, 0.25) is 0 Å². The van der Waals surface area contributed by atoms with E-state index in [0.29, 0.717) is 11.3 Å². The fourth-order valence-electron chi connectivity index (χ4n) is 2.31. The second-order valence-corrected chi connectivity index (χ2v) is 6.83. The zero-order valence-corrected chi connectivity index (χ0v) is 16.2. The van der Waals surface area contributed by atoms with Gasteiger partial charge in [-0.1, -0.05) is 17.7 Å². The van der Waals surface area contributed by atoms with Crippen molar-refractivity contribution in [2.45, 2.75) is 13.8 Å². The van der Waals surface area contributed by atoms with Crippen molar-refractivity contribution in [3.05, 3.63) is 59.2 Å². The number of methoxy groups -OCH3 is 1. The van der Waals surface area contributed by atoms with Crippen LogP contribution in [0.3, 0.4) is 0 Å². The van der Waals surface area contributed by atoms with E-state index in [1.807, 2.05) is 32.0 Å². The third-order valence-electron chi connectivity index (χ3n) is 3.62. The number of rotatable bonds is 7. The summed E-state index contributed by atoms with van der Waals surface area (Å²) < 4.78 is 9.77. The third kappa shape index (κ3) is 6.45.